The van der Waals surface area contributed by atoms with Crippen molar-refractivity contribution in [1.29, 1.82) is 0 Å². The van der Waals surface area contributed by atoms with E-state index in [0.29, 0.717) is 37.6 Å². The van der Waals surface area contributed by atoms with Gasteiger partial charge in [-0.1, -0.05) is 37.2 Å². The molecule has 1 N–H and O–H groups in total. The lowest BCUT2D eigenvalue weighted by atomic mass is 10.0. The fraction of sp³-hybridized carbons (Fsp3) is 0.500. The Bertz CT molecular complexity index is 696. The summed E-state index contributed by atoms with van der Waals surface area (Å²) in [5, 5.41) is 7.03. The highest BCUT2D eigenvalue weighted by Crippen LogP contribution is 2.31. The molecule has 1 amide bonds. The molecule has 128 valence electrons. The van der Waals surface area contributed by atoms with Crippen LogP contribution >= 0.6 is 0 Å². The molecule has 0 bridgehead atoms. The van der Waals surface area contributed by atoms with E-state index in [2.05, 4.69) is 15.5 Å². The second-order valence-electron chi connectivity index (χ2n) is 6.35. The summed E-state index contributed by atoms with van der Waals surface area (Å²) in [7, 11) is 0. The molecule has 1 aliphatic rings. The first-order valence-electron chi connectivity index (χ1n) is 8.47. The minimum Gasteiger partial charge on any atom is -0.493 e. The number of ether oxygens (including phenoxy) is 1. The van der Waals surface area contributed by atoms with Crippen LogP contribution in [0.25, 0.3) is 0 Å². The molecule has 0 fully saturated rings. The Hall–Kier alpha value is -2.37. The average molecular weight is 329 g/mol. The standard InChI is InChI=1S/C18H23N3O3/c1-12(2)18-20-17(24-21-18)9-5-8-16(22)19-14-10-11-23-15-7-4-3-6-13(14)15/h3-4,6-7,12,14H,5,8-11H2,1-2H3,(H,19,22)/t14-/m1/s1. The van der Waals surface area contributed by atoms with Gasteiger partial charge in [-0.3, -0.25) is 4.79 Å². The van der Waals surface area contributed by atoms with Crippen LogP contribution in [0.3, 0.4) is 0 Å². The van der Waals surface area contributed by atoms with Gasteiger partial charge in [0.05, 0.1) is 12.6 Å². The number of carbonyl (C=O) groups is 1. The van der Waals surface area contributed by atoms with E-state index in [-0.39, 0.29) is 17.9 Å². The number of amides is 1. The third kappa shape index (κ3) is 3.93. The van der Waals surface area contributed by atoms with Crippen LogP contribution < -0.4 is 10.1 Å². The highest BCUT2D eigenvalue weighted by molar-refractivity contribution is 5.76. The van der Waals surface area contributed by atoms with E-state index in [9.17, 15) is 4.79 Å². The summed E-state index contributed by atoms with van der Waals surface area (Å²) < 4.78 is 10.8. The monoisotopic (exact) mass is 329 g/mol. The first-order chi connectivity index (χ1) is 11.6. The van der Waals surface area contributed by atoms with Crippen molar-refractivity contribution in [3.05, 3.63) is 41.5 Å². The van der Waals surface area contributed by atoms with E-state index in [1.807, 2.05) is 38.1 Å². The SMILES string of the molecule is CC(C)c1noc(CCCC(=O)N[C@@H]2CCOc3ccccc32)n1. The van der Waals surface area contributed by atoms with Gasteiger partial charge in [-0.25, -0.2) is 0 Å². The molecule has 1 aromatic carbocycles. The van der Waals surface area contributed by atoms with Gasteiger partial charge in [0.15, 0.2) is 5.82 Å². The summed E-state index contributed by atoms with van der Waals surface area (Å²) in [6, 6.07) is 7.88. The van der Waals surface area contributed by atoms with Gasteiger partial charge in [0.2, 0.25) is 11.8 Å². The topological polar surface area (TPSA) is 77.2 Å². The molecule has 3 rings (SSSR count). The van der Waals surface area contributed by atoms with Crippen molar-refractivity contribution in [2.45, 2.75) is 51.5 Å². The summed E-state index contributed by atoms with van der Waals surface area (Å²) in [5.41, 5.74) is 1.05. The van der Waals surface area contributed by atoms with E-state index in [0.717, 1.165) is 17.7 Å². The van der Waals surface area contributed by atoms with Crippen LogP contribution in [0.4, 0.5) is 0 Å². The molecule has 1 aromatic heterocycles. The zero-order valence-electron chi connectivity index (χ0n) is 14.1. The molecule has 0 unspecified atom stereocenters. The third-order valence-corrected chi connectivity index (χ3v) is 4.09. The third-order valence-electron chi connectivity index (χ3n) is 4.09. The van der Waals surface area contributed by atoms with Crippen LogP contribution in [0, 0.1) is 0 Å². The maximum absolute atomic E-state index is 12.2. The van der Waals surface area contributed by atoms with Gasteiger partial charge in [0.1, 0.15) is 5.75 Å². The zero-order valence-corrected chi connectivity index (χ0v) is 14.1. The maximum atomic E-state index is 12.2. The van der Waals surface area contributed by atoms with E-state index in [4.69, 9.17) is 9.26 Å². The lowest BCUT2D eigenvalue weighted by molar-refractivity contribution is -0.122. The van der Waals surface area contributed by atoms with Crippen molar-refractivity contribution in [3.8, 4) is 5.75 Å². The number of carbonyl (C=O) groups excluding carboxylic acids is 1. The Labute approximate surface area is 141 Å². The Morgan fingerprint density at radius 2 is 2.21 bits per heavy atom. The molecule has 2 aromatic rings. The molecule has 1 atom stereocenters. The zero-order chi connectivity index (χ0) is 16.9. The first-order valence-corrected chi connectivity index (χ1v) is 8.47. The smallest absolute Gasteiger partial charge is 0.226 e. The van der Waals surface area contributed by atoms with E-state index < -0.39 is 0 Å². The summed E-state index contributed by atoms with van der Waals surface area (Å²) >= 11 is 0. The number of para-hydroxylation sites is 1. The van der Waals surface area contributed by atoms with Crippen molar-refractivity contribution in [2.75, 3.05) is 6.61 Å². The van der Waals surface area contributed by atoms with Crippen LogP contribution in [-0.4, -0.2) is 22.7 Å². The van der Waals surface area contributed by atoms with Crippen LogP contribution in [0.2, 0.25) is 0 Å². The molecule has 0 radical (unpaired) electrons. The molecular weight excluding hydrogens is 306 g/mol. The van der Waals surface area contributed by atoms with Crippen LogP contribution in [0.5, 0.6) is 5.75 Å². The van der Waals surface area contributed by atoms with Gasteiger partial charge in [-0.2, -0.15) is 4.98 Å². The molecule has 1 aliphatic heterocycles. The van der Waals surface area contributed by atoms with Crippen molar-refractivity contribution < 1.29 is 14.1 Å². The molecule has 2 heterocycles. The number of hydrogen-bond donors (Lipinski definition) is 1. The van der Waals surface area contributed by atoms with Gasteiger partial charge in [0, 0.05) is 30.7 Å². The summed E-state index contributed by atoms with van der Waals surface area (Å²) in [6.45, 7) is 4.67. The van der Waals surface area contributed by atoms with Crippen LogP contribution in [0.1, 0.15) is 62.3 Å². The lowest BCUT2D eigenvalue weighted by Crippen LogP contribution is -2.32. The molecule has 0 spiro atoms. The second kappa shape index (κ2) is 7.47. The number of aryl methyl sites for hydroxylation is 1. The van der Waals surface area contributed by atoms with E-state index >= 15 is 0 Å². The first kappa shape index (κ1) is 16.5. The van der Waals surface area contributed by atoms with Gasteiger partial charge >= 0.3 is 0 Å². The Balaban J connectivity index is 1.48. The molecule has 0 saturated heterocycles. The molecule has 24 heavy (non-hydrogen) atoms. The van der Waals surface area contributed by atoms with Crippen molar-refractivity contribution in [2.24, 2.45) is 0 Å². The predicted molar refractivity (Wildman–Crippen MR) is 88.8 cm³/mol. The number of hydrogen-bond acceptors (Lipinski definition) is 5. The Kier molecular flexibility index (Phi) is 5.13. The fourth-order valence-electron chi connectivity index (χ4n) is 2.76. The molecule has 6 nitrogen and oxygen atoms in total. The largest absolute Gasteiger partial charge is 0.493 e. The van der Waals surface area contributed by atoms with Crippen molar-refractivity contribution >= 4 is 5.91 Å². The van der Waals surface area contributed by atoms with Gasteiger partial charge < -0.3 is 14.6 Å². The predicted octanol–water partition coefficient (Wildman–Crippen LogP) is 3.16. The molecule has 6 heteroatoms. The van der Waals surface area contributed by atoms with E-state index in [1.165, 1.54) is 0 Å². The van der Waals surface area contributed by atoms with Crippen LogP contribution in [-0.2, 0) is 11.2 Å². The van der Waals surface area contributed by atoms with Crippen molar-refractivity contribution in [3.63, 3.8) is 0 Å². The minimum atomic E-state index is 0.0263. The molecular formula is C18H23N3O3. The Morgan fingerprint density at radius 3 is 3.00 bits per heavy atom. The number of benzene rings is 1. The van der Waals surface area contributed by atoms with Crippen molar-refractivity contribution in [1.82, 2.24) is 15.5 Å². The molecule has 0 aliphatic carbocycles. The Morgan fingerprint density at radius 1 is 1.38 bits per heavy atom. The quantitative estimate of drug-likeness (QED) is 0.881. The lowest BCUT2D eigenvalue weighted by Gasteiger charge is -2.26. The van der Waals surface area contributed by atoms with E-state index in [1.54, 1.807) is 0 Å². The van der Waals surface area contributed by atoms with Gasteiger partial charge in [-0.05, 0) is 12.5 Å². The number of rotatable bonds is 6. The summed E-state index contributed by atoms with van der Waals surface area (Å²) in [4.78, 5) is 16.5. The molecule has 0 saturated carbocycles. The van der Waals surface area contributed by atoms with Gasteiger partial charge in [-0.15, -0.1) is 0 Å². The number of aromatic nitrogens is 2. The number of fused-ring (bicyclic) bond motifs is 1. The highest BCUT2D eigenvalue weighted by Gasteiger charge is 2.22. The normalized spacial score (nSPS) is 16.5. The van der Waals surface area contributed by atoms with Gasteiger partial charge in [0.25, 0.3) is 0 Å². The maximum Gasteiger partial charge on any atom is 0.226 e. The fourth-order valence-corrected chi connectivity index (χ4v) is 2.76. The number of nitrogens with zero attached hydrogens (tertiary/aromatic N) is 2. The average Bonchev–Trinajstić information content (AvgIpc) is 3.04. The number of nitrogens with one attached hydrogen (secondary N) is 1. The van der Waals surface area contributed by atoms with Crippen LogP contribution in [0.15, 0.2) is 28.8 Å². The summed E-state index contributed by atoms with van der Waals surface area (Å²) in [6.07, 6.45) is 2.55. The summed E-state index contributed by atoms with van der Waals surface area (Å²) in [5.74, 6) is 2.47. The minimum absolute atomic E-state index is 0.0263. The highest BCUT2D eigenvalue weighted by atomic mass is 16.5. The second-order valence-corrected chi connectivity index (χ2v) is 6.35.